The Morgan fingerprint density at radius 3 is 2.87 bits per heavy atom. The molecule has 1 aromatic heterocycles. The van der Waals surface area contributed by atoms with Gasteiger partial charge in [-0.3, -0.25) is 5.32 Å². The fourth-order valence-corrected chi connectivity index (χ4v) is 3.25. The monoisotopic (exact) mass is 223 g/mol. The van der Waals surface area contributed by atoms with E-state index < -0.39 is 0 Å². The van der Waals surface area contributed by atoms with E-state index in [2.05, 4.69) is 24.4 Å². The van der Waals surface area contributed by atoms with E-state index in [-0.39, 0.29) is 0 Å². The van der Waals surface area contributed by atoms with Crippen LogP contribution in [0.5, 0.6) is 0 Å². The summed E-state index contributed by atoms with van der Waals surface area (Å²) < 4.78 is 5.93. The third-order valence-electron chi connectivity index (χ3n) is 3.32. The maximum Gasteiger partial charge on any atom is 0.131 e. The average Bonchev–Trinajstić information content (AvgIpc) is 2.83. The lowest BCUT2D eigenvalue weighted by Crippen LogP contribution is -2.24. The van der Waals surface area contributed by atoms with E-state index in [0.717, 1.165) is 18.2 Å². The topological polar surface area (TPSA) is 25.2 Å². The van der Waals surface area contributed by atoms with Crippen molar-refractivity contribution >= 4 is 11.8 Å². The number of furan rings is 1. The van der Waals surface area contributed by atoms with Gasteiger partial charge in [0.2, 0.25) is 0 Å². The smallest absolute Gasteiger partial charge is 0.131 e. The molecule has 2 fully saturated rings. The van der Waals surface area contributed by atoms with Gasteiger partial charge in [0.1, 0.15) is 16.9 Å². The zero-order chi connectivity index (χ0) is 10.3. The van der Waals surface area contributed by atoms with E-state index in [1.165, 1.54) is 24.4 Å². The van der Waals surface area contributed by atoms with Crippen molar-refractivity contribution in [1.82, 2.24) is 5.32 Å². The highest BCUT2D eigenvalue weighted by molar-refractivity contribution is 7.99. The van der Waals surface area contributed by atoms with Crippen molar-refractivity contribution in [1.29, 1.82) is 0 Å². The Kier molecular flexibility index (Phi) is 2.53. The molecule has 1 saturated carbocycles. The Labute approximate surface area is 94.8 Å². The van der Waals surface area contributed by atoms with Gasteiger partial charge < -0.3 is 4.42 Å². The van der Waals surface area contributed by atoms with Gasteiger partial charge in [-0.1, -0.05) is 6.92 Å². The van der Waals surface area contributed by atoms with Crippen LogP contribution in [-0.4, -0.2) is 12.3 Å². The molecule has 2 heterocycles. The molecule has 1 aliphatic carbocycles. The number of thioether (sulfide) groups is 1. The number of rotatable bonds is 2. The van der Waals surface area contributed by atoms with Crippen molar-refractivity contribution in [3.63, 3.8) is 0 Å². The molecule has 1 N–H and O–H groups in total. The average molecular weight is 223 g/mol. The summed E-state index contributed by atoms with van der Waals surface area (Å²) in [5, 5.41) is 3.88. The maximum absolute atomic E-state index is 5.93. The highest BCUT2D eigenvalue weighted by Crippen LogP contribution is 2.48. The van der Waals surface area contributed by atoms with E-state index >= 15 is 0 Å². The summed E-state index contributed by atoms with van der Waals surface area (Å²) in [5.74, 6) is 5.09. The first-order valence-corrected chi connectivity index (χ1v) is 6.84. The summed E-state index contributed by atoms with van der Waals surface area (Å²) in [5.41, 5.74) is 0. The lowest BCUT2D eigenvalue weighted by Gasteiger charge is -2.20. The van der Waals surface area contributed by atoms with E-state index in [1.54, 1.807) is 0 Å². The second-order valence-electron chi connectivity index (χ2n) is 4.62. The minimum absolute atomic E-state index is 0.390. The van der Waals surface area contributed by atoms with Crippen molar-refractivity contribution in [3.8, 4) is 0 Å². The van der Waals surface area contributed by atoms with Crippen molar-refractivity contribution in [2.45, 2.75) is 31.1 Å². The van der Waals surface area contributed by atoms with Gasteiger partial charge in [0, 0.05) is 5.92 Å². The molecule has 0 aromatic carbocycles. The zero-order valence-electron chi connectivity index (χ0n) is 9.03. The van der Waals surface area contributed by atoms with Gasteiger partial charge in [0.05, 0.1) is 0 Å². The summed E-state index contributed by atoms with van der Waals surface area (Å²) in [6.45, 7) is 3.41. The first kappa shape index (κ1) is 9.79. The molecule has 1 saturated heterocycles. The Bertz CT molecular complexity index is 343. The third kappa shape index (κ3) is 1.95. The fourth-order valence-electron chi connectivity index (χ4n) is 2.18. The number of nitrogens with one attached hydrogen (secondary N) is 1. The molecule has 0 amide bonds. The molecule has 1 aromatic rings. The first-order chi connectivity index (χ1) is 7.34. The predicted molar refractivity (Wildman–Crippen MR) is 63.0 cm³/mol. The van der Waals surface area contributed by atoms with Crippen LogP contribution < -0.4 is 5.32 Å². The van der Waals surface area contributed by atoms with Crippen LogP contribution in [0.2, 0.25) is 0 Å². The van der Waals surface area contributed by atoms with Gasteiger partial charge in [-0.15, -0.1) is 11.8 Å². The summed E-state index contributed by atoms with van der Waals surface area (Å²) >= 11 is 1.96. The summed E-state index contributed by atoms with van der Waals surface area (Å²) in [6.07, 6.45) is 2.58. The van der Waals surface area contributed by atoms with E-state index in [1.807, 2.05) is 11.8 Å². The SMILES string of the molecule is CC1CC1c1ccc(C2NCCCS2)o1. The van der Waals surface area contributed by atoms with Crippen LogP contribution in [0.3, 0.4) is 0 Å². The van der Waals surface area contributed by atoms with Crippen molar-refractivity contribution in [3.05, 3.63) is 23.7 Å². The second-order valence-corrected chi connectivity index (χ2v) is 5.83. The number of hydrogen-bond acceptors (Lipinski definition) is 3. The molecule has 3 rings (SSSR count). The van der Waals surface area contributed by atoms with E-state index in [9.17, 15) is 0 Å². The van der Waals surface area contributed by atoms with Crippen LogP contribution in [0.25, 0.3) is 0 Å². The van der Waals surface area contributed by atoms with Gasteiger partial charge in [0.15, 0.2) is 0 Å². The standard InChI is InChI=1S/C12H17NOS/c1-8-7-9(8)10-3-4-11(14-10)12-13-5-2-6-15-12/h3-4,8-9,12-13H,2,5-7H2,1H3. The summed E-state index contributed by atoms with van der Waals surface area (Å²) in [7, 11) is 0. The Balaban J connectivity index is 1.72. The molecule has 0 radical (unpaired) electrons. The zero-order valence-corrected chi connectivity index (χ0v) is 9.85. The Morgan fingerprint density at radius 1 is 1.40 bits per heavy atom. The molecule has 2 aliphatic rings. The van der Waals surface area contributed by atoms with Crippen LogP contribution in [-0.2, 0) is 0 Å². The fraction of sp³-hybridized carbons (Fsp3) is 0.667. The van der Waals surface area contributed by atoms with Crippen molar-refractivity contribution in [2.75, 3.05) is 12.3 Å². The van der Waals surface area contributed by atoms with E-state index in [0.29, 0.717) is 11.3 Å². The molecule has 1 aliphatic heterocycles. The van der Waals surface area contributed by atoms with Crippen molar-refractivity contribution < 1.29 is 4.42 Å². The van der Waals surface area contributed by atoms with Crippen LogP contribution in [0.4, 0.5) is 0 Å². The van der Waals surface area contributed by atoms with Gasteiger partial charge in [0.25, 0.3) is 0 Å². The van der Waals surface area contributed by atoms with Crippen LogP contribution in [0.15, 0.2) is 16.5 Å². The molecule has 82 valence electrons. The number of hydrogen-bond donors (Lipinski definition) is 1. The molecule has 2 nitrogen and oxygen atoms in total. The van der Waals surface area contributed by atoms with Gasteiger partial charge >= 0.3 is 0 Å². The third-order valence-corrected chi connectivity index (χ3v) is 4.57. The second kappa shape index (κ2) is 3.87. The molecule has 3 unspecified atom stereocenters. The lowest BCUT2D eigenvalue weighted by atomic mass is 10.3. The highest BCUT2D eigenvalue weighted by atomic mass is 32.2. The molecule has 15 heavy (non-hydrogen) atoms. The Morgan fingerprint density at radius 2 is 2.20 bits per heavy atom. The van der Waals surface area contributed by atoms with Gasteiger partial charge in [-0.2, -0.15) is 0 Å². The first-order valence-electron chi connectivity index (χ1n) is 5.79. The quantitative estimate of drug-likeness (QED) is 0.834. The van der Waals surface area contributed by atoms with Crippen molar-refractivity contribution in [2.24, 2.45) is 5.92 Å². The summed E-state index contributed by atoms with van der Waals surface area (Å²) in [4.78, 5) is 0. The molecule has 3 atom stereocenters. The van der Waals surface area contributed by atoms with Crippen LogP contribution in [0, 0.1) is 5.92 Å². The largest absolute Gasteiger partial charge is 0.463 e. The van der Waals surface area contributed by atoms with Crippen LogP contribution >= 0.6 is 11.8 Å². The summed E-state index contributed by atoms with van der Waals surface area (Å²) in [6, 6.07) is 4.32. The minimum atomic E-state index is 0.390. The van der Waals surface area contributed by atoms with Crippen LogP contribution in [0.1, 0.15) is 42.6 Å². The Hall–Kier alpha value is -0.410. The minimum Gasteiger partial charge on any atom is -0.463 e. The maximum atomic E-state index is 5.93. The van der Waals surface area contributed by atoms with E-state index in [4.69, 9.17) is 4.42 Å². The lowest BCUT2D eigenvalue weighted by molar-refractivity contribution is 0.437. The predicted octanol–water partition coefficient (Wildman–Crippen LogP) is 3.13. The van der Waals surface area contributed by atoms with Gasteiger partial charge in [-0.25, -0.2) is 0 Å². The normalized spacial score (nSPS) is 35.4. The molecule has 0 spiro atoms. The molecule has 3 heteroatoms. The highest BCUT2D eigenvalue weighted by Gasteiger charge is 2.37. The molecule has 0 bridgehead atoms. The van der Waals surface area contributed by atoms with Gasteiger partial charge in [-0.05, 0) is 43.2 Å². The molecular formula is C12H17NOS. The molecular weight excluding hydrogens is 206 g/mol.